The second-order valence-corrected chi connectivity index (χ2v) is 5.61. The van der Waals surface area contributed by atoms with Gasteiger partial charge in [-0.3, -0.25) is 5.43 Å². The van der Waals surface area contributed by atoms with E-state index in [1.165, 1.54) is 11.1 Å². The van der Waals surface area contributed by atoms with E-state index in [0.717, 1.165) is 12.7 Å². The fraction of sp³-hybridized carbons (Fsp3) is 0.533. The van der Waals surface area contributed by atoms with Crippen molar-refractivity contribution in [3.05, 3.63) is 35.4 Å². The molecule has 0 radical (unpaired) electrons. The number of aldehydes is 1. The van der Waals surface area contributed by atoms with Gasteiger partial charge in [-0.15, -0.1) is 0 Å². The minimum Gasteiger partial charge on any atom is -0.303 e. The zero-order valence-electron chi connectivity index (χ0n) is 11.3. The third kappa shape index (κ3) is 2.79. The van der Waals surface area contributed by atoms with Gasteiger partial charge in [0.15, 0.2) is 0 Å². The lowest BCUT2D eigenvalue weighted by Gasteiger charge is -2.16. The molecule has 0 aliphatic carbocycles. The number of carbonyl (C=O) groups excluding carboxylic acids is 1. The van der Waals surface area contributed by atoms with E-state index in [-0.39, 0.29) is 18.0 Å². The smallest absolute Gasteiger partial charge is 0.126 e. The van der Waals surface area contributed by atoms with Gasteiger partial charge < -0.3 is 4.79 Å². The molecule has 1 fully saturated rings. The van der Waals surface area contributed by atoms with Crippen LogP contribution in [0.4, 0.5) is 0 Å². The maximum atomic E-state index is 11.1. The average Bonchev–Trinajstić information content (AvgIpc) is 2.70. The van der Waals surface area contributed by atoms with Crippen molar-refractivity contribution in [2.75, 3.05) is 0 Å². The molecule has 0 amide bonds. The molecule has 0 bridgehead atoms. The van der Waals surface area contributed by atoms with E-state index in [9.17, 15) is 4.79 Å². The zero-order valence-corrected chi connectivity index (χ0v) is 11.3. The van der Waals surface area contributed by atoms with Crippen molar-refractivity contribution in [3.63, 3.8) is 0 Å². The molecule has 0 aromatic heterocycles. The van der Waals surface area contributed by atoms with Crippen molar-refractivity contribution < 1.29 is 4.79 Å². The summed E-state index contributed by atoms with van der Waals surface area (Å²) in [6.07, 6.45) is 2.15. The van der Waals surface area contributed by atoms with Gasteiger partial charge in [0.1, 0.15) is 6.29 Å². The van der Waals surface area contributed by atoms with Gasteiger partial charge in [-0.25, -0.2) is 5.43 Å². The van der Waals surface area contributed by atoms with Gasteiger partial charge in [0.05, 0.1) is 12.0 Å². The van der Waals surface area contributed by atoms with E-state index in [2.05, 4.69) is 49.0 Å². The molecule has 1 heterocycles. The van der Waals surface area contributed by atoms with Crippen LogP contribution in [0.1, 0.15) is 37.9 Å². The third-order valence-electron chi connectivity index (χ3n) is 3.57. The molecule has 0 saturated carbocycles. The summed E-state index contributed by atoms with van der Waals surface area (Å²) in [6.45, 7) is 6.47. The van der Waals surface area contributed by atoms with Crippen molar-refractivity contribution in [1.29, 1.82) is 0 Å². The van der Waals surface area contributed by atoms with Gasteiger partial charge in [-0.1, -0.05) is 38.1 Å². The predicted octanol–water partition coefficient (Wildman–Crippen LogP) is 2.24. The van der Waals surface area contributed by atoms with Crippen LogP contribution < -0.4 is 10.9 Å². The highest BCUT2D eigenvalue weighted by Gasteiger charge is 2.33. The lowest BCUT2D eigenvalue weighted by Crippen LogP contribution is -2.29. The second kappa shape index (κ2) is 5.63. The summed E-state index contributed by atoms with van der Waals surface area (Å²) in [5, 5.41) is 0. The minimum atomic E-state index is 0.000878. The van der Waals surface area contributed by atoms with Crippen LogP contribution in [0, 0.1) is 11.8 Å². The lowest BCUT2D eigenvalue weighted by atomic mass is 9.90. The van der Waals surface area contributed by atoms with Crippen LogP contribution in [0.3, 0.4) is 0 Å². The van der Waals surface area contributed by atoms with Crippen molar-refractivity contribution in [3.8, 4) is 0 Å². The Morgan fingerprint density at radius 2 is 1.89 bits per heavy atom. The van der Waals surface area contributed by atoms with Gasteiger partial charge in [-0.05, 0) is 30.4 Å². The summed E-state index contributed by atoms with van der Waals surface area (Å²) < 4.78 is 0. The standard InChI is InChI=1S/C15H22N2O/c1-10(2)8-12-4-6-13(7-5-12)15-14(9-18)11(3)16-17-15/h4-7,9-11,14-17H,8H2,1-3H3. The fourth-order valence-electron chi connectivity index (χ4n) is 2.54. The molecule has 1 saturated heterocycles. The number of hydrogen-bond donors (Lipinski definition) is 2. The van der Waals surface area contributed by atoms with E-state index in [0.29, 0.717) is 5.92 Å². The van der Waals surface area contributed by atoms with Gasteiger partial charge >= 0.3 is 0 Å². The highest BCUT2D eigenvalue weighted by molar-refractivity contribution is 5.57. The molecule has 3 nitrogen and oxygen atoms in total. The molecule has 1 aromatic carbocycles. The van der Waals surface area contributed by atoms with Crippen LogP contribution >= 0.6 is 0 Å². The molecular formula is C15H22N2O. The van der Waals surface area contributed by atoms with E-state index in [1.54, 1.807) is 0 Å². The van der Waals surface area contributed by atoms with E-state index in [4.69, 9.17) is 0 Å². The quantitative estimate of drug-likeness (QED) is 0.801. The topological polar surface area (TPSA) is 41.1 Å². The number of carbonyl (C=O) groups is 1. The SMILES string of the molecule is CC(C)Cc1ccc(C2NNC(C)C2C=O)cc1. The molecule has 0 spiro atoms. The largest absolute Gasteiger partial charge is 0.303 e. The normalized spacial score (nSPS) is 27.7. The summed E-state index contributed by atoms with van der Waals surface area (Å²) in [5.41, 5.74) is 8.87. The summed E-state index contributed by atoms with van der Waals surface area (Å²) in [7, 11) is 0. The zero-order chi connectivity index (χ0) is 13.1. The van der Waals surface area contributed by atoms with Crippen LogP contribution in [0.2, 0.25) is 0 Å². The molecular weight excluding hydrogens is 224 g/mol. The minimum absolute atomic E-state index is 0.000878. The molecule has 1 aromatic rings. The van der Waals surface area contributed by atoms with Crippen molar-refractivity contribution in [1.82, 2.24) is 10.9 Å². The van der Waals surface area contributed by atoms with Crippen molar-refractivity contribution in [2.24, 2.45) is 11.8 Å². The Morgan fingerprint density at radius 1 is 1.22 bits per heavy atom. The summed E-state index contributed by atoms with van der Waals surface area (Å²) in [4.78, 5) is 11.1. The maximum absolute atomic E-state index is 11.1. The first-order chi connectivity index (χ1) is 8.61. The van der Waals surface area contributed by atoms with Crippen molar-refractivity contribution in [2.45, 2.75) is 39.3 Å². The number of rotatable bonds is 4. The molecule has 1 aliphatic heterocycles. The predicted molar refractivity (Wildman–Crippen MR) is 73.0 cm³/mol. The van der Waals surface area contributed by atoms with E-state index < -0.39 is 0 Å². The van der Waals surface area contributed by atoms with Crippen LogP contribution in [0.25, 0.3) is 0 Å². The monoisotopic (exact) mass is 246 g/mol. The summed E-state index contributed by atoms with van der Waals surface area (Å²) in [5.74, 6) is 0.672. The Kier molecular flexibility index (Phi) is 4.15. The first-order valence-corrected chi connectivity index (χ1v) is 6.67. The van der Waals surface area contributed by atoms with Gasteiger partial charge in [0.2, 0.25) is 0 Å². The fourth-order valence-corrected chi connectivity index (χ4v) is 2.54. The number of nitrogens with one attached hydrogen (secondary N) is 2. The van der Waals surface area contributed by atoms with Crippen molar-refractivity contribution >= 4 is 6.29 Å². The third-order valence-corrected chi connectivity index (χ3v) is 3.57. The van der Waals surface area contributed by atoms with Crippen LogP contribution in [-0.4, -0.2) is 12.3 Å². The molecule has 1 aliphatic rings. The Bertz CT molecular complexity index is 399. The molecule has 3 heteroatoms. The molecule has 3 unspecified atom stereocenters. The molecule has 2 N–H and O–H groups in total. The molecule has 2 rings (SSSR count). The molecule has 18 heavy (non-hydrogen) atoms. The average molecular weight is 246 g/mol. The Hall–Kier alpha value is -1.19. The van der Waals surface area contributed by atoms with Gasteiger partial charge in [0.25, 0.3) is 0 Å². The summed E-state index contributed by atoms with van der Waals surface area (Å²) >= 11 is 0. The summed E-state index contributed by atoms with van der Waals surface area (Å²) in [6, 6.07) is 8.87. The van der Waals surface area contributed by atoms with E-state index in [1.807, 2.05) is 6.92 Å². The van der Waals surface area contributed by atoms with Gasteiger partial charge in [0, 0.05) is 6.04 Å². The Labute approximate surface area is 109 Å². The highest BCUT2D eigenvalue weighted by atomic mass is 16.1. The number of hydrogen-bond acceptors (Lipinski definition) is 3. The molecule has 98 valence electrons. The highest BCUT2D eigenvalue weighted by Crippen LogP contribution is 2.27. The van der Waals surface area contributed by atoms with Crippen LogP contribution in [0.5, 0.6) is 0 Å². The van der Waals surface area contributed by atoms with E-state index >= 15 is 0 Å². The second-order valence-electron chi connectivity index (χ2n) is 5.61. The number of benzene rings is 1. The van der Waals surface area contributed by atoms with Gasteiger partial charge in [-0.2, -0.15) is 0 Å². The Morgan fingerprint density at radius 3 is 2.44 bits per heavy atom. The van der Waals surface area contributed by atoms with Crippen LogP contribution in [-0.2, 0) is 11.2 Å². The Balaban J connectivity index is 2.12. The first-order valence-electron chi connectivity index (χ1n) is 6.67. The lowest BCUT2D eigenvalue weighted by molar-refractivity contribution is -0.111. The number of hydrazine groups is 1. The molecule has 3 atom stereocenters. The maximum Gasteiger partial charge on any atom is 0.126 e. The van der Waals surface area contributed by atoms with Crippen LogP contribution in [0.15, 0.2) is 24.3 Å². The first kappa shape index (κ1) is 13.2.